The van der Waals surface area contributed by atoms with Crippen molar-refractivity contribution in [1.29, 1.82) is 0 Å². The van der Waals surface area contributed by atoms with Crippen LogP contribution in [0.5, 0.6) is 0 Å². The maximum Gasteiger partial charge on any atom is 0.243 e. The van der Waals surface area contributed by atoms with Crippen LogP contribution in [0.3, 0.4) is 0 Å². The summed E-state index contributed by atoms with van der Waals surface area (Å²) >= 11 is 0. The molecule has 1 fully saturated rings. The van der Waals surface area contributed by atoms with E-state index in [4.69, 9.17) is 0 Å². The first-order chi connectivity index (χ1) is 14.4. The first-order valence-electron chi connectivity index (χ1n) is 10.3. The van der Waals surface area contributed by atoms with E-state index in [1.54, 1.807) is 24.3 Å². The normalized spacial score (nSPS) is 17.7. The monoisotopic (exact) mass is 422 g/mol. The van der Waals surface area contributed by atoms with Gasteiger partial charge in [-0.25, -0.2) is 8.42 Å². The van der Waals surface area contributed by atoms with Crippen molar-refractivity contribution in [3.63, 3.8) is 0 Å². The molecule has 6 heteroatoms. The van der Waals surface area contributed by atoms with Crippen molar-refractivity contribution in [2.24, 2.45) is 5.92 Å². The molecule has 1 amide bonds. The van der Waals surface area contributed by atoms with Crippen molar-refractivity contribution >= 4 is 26.7 Å². The number of rotatable bonds is 5. The lowest BCUT2D eigenvalue weighted by molar-refractivity contribution is -0.126. The zero-order valence-electron chi connectivity index (χ0n) is 17.0. The fraction of sp³-hybridized carbons (Fsp3) is 0.292. The Hall–Kier alpha value is -2.70. The number of carbonyl (C=O) groups excluding carboxylic acids is 1. The van der Waals surface area contributed by atoms with Gasteiger partial charge in [0.15, 0.2) is 0 Å². The summed E-state index contributed by atoms with van der Waals surface area (Å²) in [7, 11) is -3.59. The van der Waals surface area contributed by atoms with Crippen molar-refractivity contribution in [2.45, 2.75) is 31.2 Å². The third-order valence-electron chi connectivity index (χ3n) is 5.75. The molecule has 0 saturated carbocycles. The zero-order chi connectivity index (χ0) is 21.1. The van der Waals surface area contributed by atoms with Crippen LogP contribution in [0.25, 0.3) is 10.8 Å². The van der Waals surface area contributed by atoms with E-state index >= 15 is 0 Å². The largest absolute Gasteiger partial charge is 0.352 e. The van der Waals surface area contributed by atoms with E-state index in [9.17, 15) is 13.2 Å². The molecule has 1 aliphatic rings. The molecule has 30 heavy (non-hydrogen) atoms. The van der Waals surface area contributed by atoms with Crippen LogP contribution in [0.1, 0.15) is 24.0 Å². The van der Waals surface area contributed by atoms with Gasteiger partial charge in [0.2, 0.25) is 15.9 Å². The highest BCUT2D eigenvalue weighted by molar-refractivity contribution is 7.89. The Labute approximate surface area is 177 Å². The van der Waals surface area contributed by atoms with Gasteiger partial charge in [-0.05, 0) is 48.2 Å². The molecular weight excluding hydrogens is 396 g/mol. The van der Waals surface area contributed by atoms with Crippen LogP contribution >= 0.6 is 0 Å². The summed E-state index contributed by atoms with van der Waals surface area (Å²) in [5.41, 5.74) is 2.07. The average molecular weight is 423 g/mol. The molecule has 1 heterocycles. The smallest absolute Gasteiger partial charge is 0.243 e. The van der Waals surface area contributed by atoms with Gasteiger partial charge in [-0.2, -0.15) is 4.31 Å². The van der Waals surface area contributed by atoms with Crippen molar-refractivity contribution in [2.75, 3.05) is 13.1 Å². The molecule has 1 atom stereocenters. The van der Waals surface area contributed by atoms with Gasteiger partial charge in [0.1, 0.15) is 0 Å². The van der Waals surface area contributed by atoms with Crippen LogP contribution in [0.2, 0.25) is 0 Å². The zero-order valence-corrected chi connectivity index (χ0v) is 17.9. The highest BCUT2D eigenvalue weighted by Gasteiger charge is 2.33. The second-order valence-corrected chi connectivity index (χ2v) is 9.81. The molecular formula is C24H26N2O3S. The van der Waals surface area contributed by atoms with E-state index in [1.807, 2.05) is 37.3 Å². The number of carbonyl (C=O) groups is 1. The minimum absolute atomic E-state index is 0.0910. The molecule has 3 aromatic rings. The highest BCUT2D eigenvalue weighted by Crippen LogP contribution is 2.25. The lowest BCUT2D eigenvalue weighted by atomic mass is 9.98. The van der Waals surface area contributed by atoms with Gasteiger partial charge in [0.25, 0.3) is 0 Å². The fourth-order valence-electron chi connectivity index (χ4n) is 4.01. The van der Waals surface area contributed by atoms with E-state index in [1.165, 1.54) is 4.31 Å². The number of nitrogens with zero attached hydrogens (tertiary/aromatic N) is 1. The van der Waals surface area contributed by atoms with Crippen LogP contribution in [0.15, 0.2) is 71.6 Å². The number of aryl methyl sites for hydroxylation is 1. The Kier molecular flexibility index (Phi) is 5.88. The van der Waals surface area contributed by atoms with Crippen LogP contribution in [-0.2, 0) is 21.4 Å². The number of piperidine rings is 1. The minimum atomic E-state index is -3.59. The maximum atomic E-state index is 13.0. The third kappa shape index (κ3) is 4.25. The van der Waals surface area contributed by atoms with E-state index < -0.39 is 10.0 Å². The Morgan fingerprint density at radius 3 is 2.57 bits per heavy atom. The van der Waals surface area contributed by atoms with Gasteiger partial charge in [-0.3, -0.25) is 4.79 Å². The van der Waals surface area contributed by atoms with Gasteiger partial charge >= 0.3 is 0 Å². The average Bonchev–Trinajstić information content (AvgIpc) is 2.78. The predicted molar refractivity (Wildman–Crippen MR) is 118 cm³/mol. The van der Waals surface area contributed by atoms with Crippen LogP contribution in [0.4, 0.5) is 0 Å². The Morgan fingerprint density at radius 1 is 1.03 bits per heavy atom. The van der Waals surface area contributed by atoms with E-state index in [2.05, 4.69) is 17.4 Å². The molecule has 1 aliphatic heterocycles. The minimum Gasteiger partial charge on any atom is -0.352 e. The number of hydrogen-bond donors (Lipinski definition) is 1. The Morgan fingerprint density at radius 2 is 1.77 bits per heavy atom. The molecule has 4 rings (SSSR count). The molecule has 0 unspecified atom stereocenters. The van der Waals surface area contributed by atoms with Crippen LogP contribution in [0, 0.1) is 12.8 Å². The molecule has 0 bridgehead atoms. The van der Waals surface area contributed by atoms with E-state index in [-0.39, 0.29) is 23.3 Å². The number of sulfonamides is 1. The third-order valence-corrected chi connectivity index (χ3v) is 7.63. The lowest BCUT2D eigenvalue weighted by Crippen LogP contribution is -2.45. The number of amides is 1. The summed E-state index contributed by atoms with van der Waals surface area (Å²) in [6, 6.07) is 21.0. The Bertz CT molecular complexity index is 1150. The summed E-state index contributed by atoms with van der Waals surface area (Å²) in [4.78, 5) is 13.1. The number of nitrogens with one attached hydrogen (secondary N) is 1. The summed E-state index contributed by atoms with van der Waals surface area (Å²) in [5, 5.41) is 5.27. The number of hydrogen-bond acceptors (Lipinski definition) is 3. The lowest BCUT2D eigenvalue weighted by Gasteiger charge is -2.31. The van der Waals surface area contributed by atoms with Crippen molar-refractivity contribution in [3.8, 4) is 0 Å². The van der Waals surface area contributed by atoms with E-state index in [0.29, 0.717) is 25.9 Å². The summed E-state index contributed by atoms with van der Waals surface area (Å²) in [6.07, 6.45) is 1.37. The highest BCUT2D eigenvalue weighted by atomic mass is 32.2. The summed E-state index contributed by atoms with van der Waals surface area (Å²) < 4.78 is 27.4. The standard InChI is InChI=1S/C24H26N2O3S/c1-18-11-13-22(14-12-18)30(28,29)26-15-5-9-21(17-26)24(27)25-16-20-8-4-7-19-6-2-3-10-23(19)20/h2-4,6-8,10-14,21H,5,9,15-17H2,1H3,(H,25,27)/t21-/m0/s1. The fourth-order valence-corrected chi connectivity index (χ4v) is 5.53. The van der Waals surface area contributed by atoms with Crippen LogP contribution in [-0.4, -0.2) is 31.7 Å². The van der Waals surface area contributed by atoms with E-state index in [0.717, 1.165) is 21.9 Å². The summed E-state index contributed by atoms with van der Waals surface area (Å²) in [5.74, 6) is -0.430. The van der Waals surface area contributed by atoms with Gasteiger partial charge in [-0.15, -0.1) is 0 Å². The topological polar surface area (TPSA) is 66.5 Å². The first kappa shape index (κ1) is 20.6. The molecule has 3 aromatic carbocycles. The number of benzene rings is 3. The molecule has 156 valence electrons. The quantitative estimate of drug-likeness (QED) is 0.679. The van der Waals surface area contributed by atoms with Crippen molar-refractivity contribution < 1.29 is 13.2 Å². The predicted octanol–water partition coefficient (Wildman–Crippen LogP) is 3.87. The number of fused-ring (bicyclic) bond motifs is 1. The van der Waals surface area contributed by atoms with Crippen molar-refractivity contribution in [1.82, 2.24) is 9.62 Å². The second-order valence-electron chi connectivity index (χ2n) is 7.87. The molecule has 0 aromatic heterocycles. The molecule has 0 aliphatic carbocycles. The first-order valence-corrected chi connectivity index (χ1v) is 11.7. The van der Waals surface area contributed by atoms with Crippen LogP contribution < -0.4 is 5.32 Å². The maximum absolute atomic E-state index is 13.0. The summed E-state index contributed by atoms with van der Waals surface area (Å²) in [6.45, 7) is 3.02. The molecule has 0 spiro atoms. The van der Waals surface area contributed by atoms with Gasteiger partial charge in [0.05, 0.1) is 10.8 Å². The van der Waals surface area contributed by atoms with Gasteiger partial charge < -0.3 is 5.32 Å². The Balaban J connectivity index is 1.44. The second kappa shape index (κ2) is 8.58. The SMILES string of the molecule is Cc1ccc(S(=O)(=O)N2CCC[C@H](C(=O)NCc3cccc4ccccc34)C2)cc1. The molecule has 5 nitrogen and oxygen atoms in total. The van der Waals surface area contributed by atoms with Gasteiger partial charge in [-0.1, -0.05) is 60.2 Å². The molecule has 0 radical (unpaired) electrons. The molecule has 1 saturated heterocycles. The van der Waals surface area contributed by atoms with Gasteiger partial charge in [0, 0.05) is 19.6 Å². The van der Waals surface area contributed by atoms with Crippen molar-refractivity contribution in [3.05, 3.63) is 77.9 Å². The molecule has 1 N–H and O–H groups in total.